The summed E-state index contributed by atoms with van der Waals surface area (Å²) in [6, 6.07) is 15.7. The van der Waals surface area contributed by atoms with E-state index in [1.807, 2.05) is 43.4 Å². The second kappa shape index (κ2) is 10.0. The number of fused-ring (bicyclic) bond motifs is 1. The number of hydrogen-bond donors (Lipinski definition) is 2. The molecule has 0 radical (unpaired) electrons. The third kappa shape index (κ3) is 4.63. The number of aryl methyl sites for hydroxylation is 1. The Morgan fingerprint density at radius 3 is 2.47 bits per heavy atom. The molecule has 7 nitrogen and oxygen atoms in total. The van der Waals surface area contributed by atoms with Crippen molar-refractivity contribution in [3.8, 4) is 5.75 Å². The SMILES string of the molecule is CCNC(=NCc1nc2ccccc2n1C)N1CCN(c2ccccc2O)CC1.I. The number of anilines is 1. The van der Waals surface area contributed by atoms with Gasteiger partial charge in [-0.1, -0.05) is 24.3 Å². The lowest BCUT2D eigenvalue weighted by atomic mass is 10.2. The van der Waals surface area contributed by atoms with E-state index in [9.17, 15) is 5.11 Å². The number of para-hydroxylation sites is 4. The zero-order valence-corrected chi connectivity index (χ0v) is 19.8. The first kappa shape index (κ1) is 22.2. The molecule has 0 bridgehead atoms. The summed E-state index contributed by atoms with van der Waals surface area (Å²) in [5.74, 6) is 2.20. The van der Waals surface area contributed by atoms with Gasteiger partial charge in [-0.2, -0.15) is 0 Å². The Hall–Kier alpha value is -2.49. The highest BCUT2D eigenvalue weighted by molar-refractivity contribution is 14.0. The molecule has 0 unspecified atom stereocenters. The van der Waals surface area contributed by atoms with Gasteiger partial charge in [-0.05, 0) is 31.2 Å². The van der Waals surface area contributed by atoms with E-state index in [4.69, 9.17) is 9.98 Å². The van der Waals surface area contributed by atoms with Gasteiger partial charge < -0.3 is 24.8 Å². The fraction of sp³-hybridized carbons (Fsp3) is 0.364. The zero-order valence-electron chi connectivity index (χ0n) is 17.5. The molecule has 0 atom stereocenters. The van der Waals surface area contributed by atoms with Crippen LogP contribution in [0.3, 0.4) is 0 Å². The number of benzene rings is 2. The van der Waals surface area contributed by atoms with E-state index in [2.05, 4.69) is 32.7 Å². The number of aromatic hydroxyl groups is 1. The molecule has 0 saturated carbocycles. The molecular formula is C22H29IN6O. The van der Waals surface area contributed by atoms with Crippen LogP contribution in [0.15, 0.2) is 53.5 Å². The third-order valence-electron chi connectivity index (χ3n) is 5.39. The number of aromatic nitrogens is 2. The van der Waals surface area contributed by atoms with Crippen LogP contribution in [0.2, 0.25) is 0 Å². The third-order valence-corrected chi connectivity index (χ3v) is 5.39. The number of halogens is 1. The topological polar surface area (TPSA) is 68.9 Å². The van der Waals surface area contributed by atoms with E-state index in [0.29, 0.717) is 12.3 Å². The number of piperazine rings is 1. The van der Waals surface area contributed by atoms with Crippen molar-refractivity contribution in [3.63, 3.8) is 0 Å². The van der Waals surface area contributed by atoms with Crippen LogP contribution in [-0.2, 0) is 13.6 Å². The summed E-state index contributed by atoms with van der Waals surface area (Å²) in [4.78, 5) is 14.1. The van der Waals surface area contributed by atoms with Gasteiger partial charge in [-0.25, -0.2) is 9.98 Å². The second-order valence-corrected chi connectivity index (χ2v) is 7.21. The molecule has 4 rings (SSSR count). The van der Waals surface area contributed by atoms with Crippen molar-refractivity contribution in [2.24, 2.45) is 12.0 Å². The lowest BCUT2D eigenvalue weighted by molar-refractivity contribution is 0.369. The maximum absolute atomic E-state index is 10.1. The predicted molar refractivity (Wildman–Crippen MR) is 133 cm³/mol. The molecule has 1 saturated heterocycles. The van der Waals surface area contributed by atoms with Gasteiger partial charge in [0.1, 0.15) is 18.1 Å². The molecule has 1 aromatic heterocycles. The van der Waals surface area contributed by atoms with Gasteiger partial charge in [0.15, 0.2) is 5.96 Å². The number of phenolic OH excluding ortho intramolecular Hbond substituents is 1. The van der Waals surface area contributed by atoms with Crippen LogP contribution in [0.25, 0.3) is 11.0 Å². The van der Waals surface area contributed by atoms with Gasteiger partial charge in [0.2, 0.25) is 0 Å². The molecule has 0 amide bonds. The van der Waals surface area contributed by atoms with Crippen molar-refractivity contribution in [2.45, 2.75) is 13.5 Å². The van der Waals surface area contributed by atoms with Crippen molar-refractivity contribution in [1.82, 2.24) is 19.8 Å². The Morgan fingerprint density at radius 1 is 1.07 bits per heavy atom. The van der Waals surface area contributed by atoms with Crippen LogP contribution in [0.1, 0.15) is 12.7 Å². The summed E-state index contributed by atoms with van der Waals surface area (Å²) in [5, 5.41) is 13.5. The summed E-state index contributed by atoms with van der Waals surface area (Å²) in [6.07, 6.45) is 0. The van der Waals surface area contributed by atoms with E-state index in [-0.39, 0.29) is 24.0 Å². The molecule has 3 aromatic rings. The minimum atomic E-state index is 0. The van der Waals surface area contributed by atoms with E-state index in [0.717, 1.165) is 61.2 Å². The van der Waals surface area contributed by atoms with Crippen LogP contribution in [0.5, 0.6) is 5.75 Å². The fourth-order valence-electron chi connectivity index (χ4n) is 3.80. The standard InChI is InChI=1S/C22H28N6O.HI/c1-3-23-22(24-16-21-25-17-8-4-5-9-18(17)26(21)2)28-14-12-27(13-15-28)19-10-6-7-11-20(19)29;/h4-11,29H,3,12-16H2,1-2H3,(H,23,24);1H. The number of hydrogen-bond acceptors (Lipinski definition) is 4. The van der Waals surface area contributed by atoms with Crippen molar-refractivity contribution in [1.29, 1.82) is 0 Å². The summed E-state index contributed by atoms with van der Waals surface area (Å²) in [7, 11) is 2.04. The molecule has 0 aliphatic carbocycles. The van der Waals surface area contributed by atoms with E-state index < -0.39 is 0 Å². The number of nitrogens with one attached hydrogen (secondary N) is 1. The maximum atomic E-state index is 10.1. The highest BCUT2D eigenvalue weighted by atomic mass is 127. The molecule has 160 valence electrons. The van der Waals surface area contributed by atoms with Gasteiger partial charge >= 0.3 is 0 Å². The molecule has 2 heterocycles. The average molecular weight is 520 g/mol. The molecular weight excluding hydrogens is 491 g/mol. The number of rotatable bonds is 4. The Bertz CT molecular complexity index is 1010. The zero-order chi connectivity index (χ0) is 20.2. The Balaban J connectivity index is 0.00000256. The van der Waals surface area contributed by atoms with Crippen LogP contribution < -0.4 is 10.2 Å². The van der Waals surface area contributed by atoms with Gasteiger partial charge in [0, 0.05) is 39.8 Å². The molecule has 8 heteroatoms. The number of nitrogens with zero attached hydrogens (tertiary/aromatic N) is 5. The number of guanidine groups is 1. The van der Waals surface area contributed by atoms with Crippen molar-refractivity contribution >= 4 is 46.7 Å². The smallest absolute Gasteiger partial charge is 0.194 e. The summed E-state index contributed by atoms with van der Waals surface area (Å²) >= 11 is 0. The quantitative estimate of drug-likeness (QED) is 0.314. The highest BCUT2D eigenvalue weighted by Gasteiger charge is 2.21. The van der Waals surface area contributed by atoms with Crippen LogP contribution >= 0.6 is 24.0 Å². The Labute approximate surface area is 194 Å². The maximum Gasteiger partial charge on any atom is 0.194 e. The first-order valence-electron chi connectivity index (χ1n) is 10.1. The first-order valence-corrected chi connectivity index (χ1v) is 10.1. The number of imidazole rings is 1. The van der Waals surface area contributed by atoms with Gasteiger partial charge in [-0.3, -0.25) is 0 Å². The Kier molecular flexibility index (Phi) is 7.41. The van der Waals surface area contributed by atoms with Crippen LogP contribution in [0.4, 0.5) is 5.69 Å². The first-order chi connectivity index (χ1) is 14.2. The largest absolute Gasteiger partial charge is 0.506 e. The van der Waals surface area contributed by atoms with Gasteiger partial charge in [0.05, 0.1) is 16.7 Å². The van der Waals surface area contributed by atoms with Gasteiger partial charge in [0.25, 0.3) is 0 Å². The summed E-state index contributed by atoms with van der Waals surface area (Å²) in [6.45, 7) is 6.82. The molecule has 1 aliphatic heterocycles. The molecule has 1 aliphatic rings. The van der Waals surface area contributed by atoms with Crippen molar-refractivity contribution in [3.05, 3.63) is 54.4 Å². The summed E-state index contributed by atoms with van der Waals surface area (Å²) in [5.41, 5.74) is 3.02. The van der Waals surface area contributed by atoms with Gasteiger partial charge in [-0.15, -0.1) is 24.0 Å². The van der Waals surface area contributed by atoms with Crippen molar-refractivity contribution in [2.75, 3.05) is 37.6 Å². The van der Waals surface area contributed by atoms with E-state index in [1.54, 1.807) is 6.07 Å². The van der Waals surface area contributed by atoms with Crippen LogP contribution in [-0.4, -0.2) is 58.2 Å². The number of aliphatic imine (C=N–C) groups is 1. The van der Waals surface area contributed by atoms with E-state index >= 15 is 0 Å². The fourth-order valence-corrected chi connectivity index (χ4v) is 3.80. The minimum Gasteiger partial charge on any atom is -0.506 e. The molecule has 30 heavy (non-hydrogen) atoms. The molecule has 1 fully saturated rings. The lowest BCUT2D eigenvalue weighted by Gasteiger charge is -2.37. The van der Waals surface area contributed by atoms with E-state index in [1.165, 1.54) is 0 Å². The summed E-state index contributed by atoms with van der Waals surface area (Å²) < 4.78 is 2.11. The lowest BCUT2D eigenvalue weighted by Crippen LogP contribution is -2.52. The Morgan fingerprint density at radius 2 is 1.77 bits per heavy atom. The second-order valence-electron chi connectivity index (χ2n) is 7.21. The predicted octanol–water partition coefficient (Wildman–Crippen LogP) is 3.18. The van der Waals surface area contributed by atoms with Crippen molar-refractivity contribution < 1.29 is 5.11 Å². The highest BCUT2D eigenvalue weighted by Crippen LogP contribution is 2.27. The molecule has 0 spiro atoms. The molecule has 2 aromatic carbocycles. The normalized spacial score (nSPS) is 14.7. The molecule has 2 N–H and O–H groups in total. The monoisotopic (exact) mass is 520 g/mol. The number of phenols is 1. The van der Waals surface area contributed by atoms with Crippen LogP contribution in [0, 0.1) is 0 Å². The minimum absolute atomic E-state index is 0. The average Bonchev–Trinajstić information content (AvgIpc) is 3.07.